The van der Waals surface area contributed by atoms with Crippen LogP contribution in [0.4, 0.5) is 17.1 Å². The molecular weight excluding hydrogens is 787 g/mol. The van der Waals surface area contributed by atoms with Gasteiger partial charge in [0, 0.05) is 75.9 Å². The number of benzene rings is 9. The van der Waals surface area contributed by atoms with Gasteiger partial charge in [-0.3, -0.25) is 0 Å². The van der Waals surface area contributed by atoms with Gasteiger partial charge in [0.15, 0.2) is 17.5 Å². The molecule has 12 aromatic rings. The van der Waals surface area contributed by atoms with Crippen molar-refractivity contribution in [1.82, 2.24) is 19.5 Å². The maximum atomic E-state index is 4.99. The zero-order valence-corrected chi connectivity index (χ0v) is 34.8. The summed E-state index contributed by atoms with van der Waals surface area (Å²) < 4.78 is 4.99. The van der Waals surface area contributed by atoms with E-state index in [1.165, 1.54) is 30.9 Å². The van der Waals surface area contributed by atoms with E-state index in [4.69, 9.17) is 15.0 Å². The Balaban J connectivity index is 0.958. The third kappa shape index (κ3) is 6.52. The van der Waals surface area contributed by atoms with E-state index in [0.29, 0.717) is 17.5 Å². The molecule has 6 heteroatoms. The standard InChI is InChI=1S/C57H37N5S/c1-4-15-39(16-5-1)55-58-56(40-17-6-2-7-18-40)60-57(59-55)41-29-33-44(34-30-41)62-51-25-12-10-21-47(51)49-24-14-23-46(54(49)62)38-27-31-43(32-28-38)61(42-19-8-3-9-20-42)45-35-36-53-50(37-45)48-22-11-13-26-52(48)63-53/h1-37H. The lowest BCUT2D eigenvalue weighted by molar-refractivity contribution is 1.07. The van der Waals surface area contributed by atoms with Crippen molar-refractivity contribution in [2.75, 3.05) is 4.90 Å². The molecule has 0 aliphatic heterocycles. The summed E-state index contributed by atoms with van der Waals surface area (Å²) in [6, 6.07) is 79.4. The Morgan fingerprint density at radius 2 is 0.857 bits per heavy atom. The van der Waals surface area contributed by atoms with Crippen LogP contribution in [0.15, 0.2) is 224 Å². The van der Waals surface area contributed by atoms with Gasteiger partial charge in [-0.1, -0.05) is 146 Å². The van der Waals surface area contributed by atoms with Crippen LogP contribution in [-0.2, 0) is 0 Å². The second-order valence-electron chi connectivity index (χ2n) is 15.6. The van der Waals surface area contributed by atoms with Gasteiger partial charge < -0.3 is 9.47 Å². The summed E-state index contributed by atoms with van der Waals surface area (Å²) in [7, 11) is 0. The number of thiophene rings is 1. The average Bonchev–Trinajstić information content (AvgIpc) is 3.91. The van der Waals surface area contributed by atoms with Crippen LogP contribution in [0.3, 0.4) is 0 Å². The Kier molecular flexibility index (Phi) is 8.94. The summed E-state index contributed by atoms with van der Waals surface area (Å²) in [5.41, 5.74) is 11.8. The molecule has 12 rings (SSSR count). The van der Waals surface area contributed by atoms with Gasteiger partial charge in [-0.05, 0) is 84.4 Å². The summed E-state index contributed by atoms with van der Waals surface area (Å²) >= 11 is 1.85. The van der Waals surface area contributed by atoms with Gasteiger partial charge in [0.25, 0.3) is 0 Å². The highest BCUT2D eigenvalue weighted by atomic mass is 32.1. The second kappa shape index (κ2) is 15.4. The smallest absolute Gasteiger partial charge is 0.164 e. The highest BCUT2D eigenvalue weighted by Crippen LogP contribution is 2.43. The first-order valence-corrected chi connectivity index (χ1v) is 21.9. The molecule has 296 valence electrons. The highest BCUT2D eigenvalue weighted by molar-refractivity contribution is 7.25. The quantitative estimate of drug-likeness (QED) is 0.153. The predicted octanol–water partition coefficient (Wildman–Crippen LogP) is 15.5. The third-order valence-electron chi connectivity index (χ3n) is 11.8. The van der Waals surface area contributed by atoms with Gasteiger partial charge in [-0.15, -0.1) is 11.3 Å². The molecule has 0 aliphatic rings. The topological polar surface area (TPSA) is 46.8 Å². The summed E-state index contributed by atoms with van der Waals surface area (Å²) in [5, 5.41) is 4.98. The second-order valence-corrected chi connectivity index (χ2v) is 16.7. The van der Waals surface area contributed by atoms with Gasteiger partial charge in [-0.2, -0.15) is 0 Å². The molecular formula is C57H37N5S. The number of anilines is 3. The van der Waals surface area contributed by atoms with Crippen molar-refractivity contribution in [2.45, 2.75) is 0 Å². The zero-order chi connectivity index (χ0) is 41.7. The molecule has 0 bridgehead atoms. The SMILES string of the molecule is c1ccc(-c2nc(-c3ccccc3)nc(-c3ccc(-n4c5ccccc5c5cccc(-c6ccc(N(c7ccccc7)c7ccc8sc9ccccc9c8c7)cc6)c54)cc3)n2)cc1. The van der Waals surface area contributed by atoms with Crippen molar-refractivity contribution in [3.05, 3.63) is 224 Å². The number of rotatable bonds is 8. The van der Waals surface area contributed by atoms with Crippen molar-refractivity contribution in [3.8, 4) is 51.0 Å². The number of aromatic nitrogens is 4. The molecule has 0 spiro atoms. The maximum absolute atomic E-state index is 4.99. The molecule has 5 nitrogen and oxygen atoms in total. The van der Waals surface area contributed by atoms with Crippen LogP contribution in [0.25, 0.3) is 93.0 Å². The molecule has 0 unspecified atom stereocenters. The molecule has 0 radical (unpaired) electrons. The molecule has 63 heavy (non-hydrogen) atoms. The fourth-order valence-electron chi connectivity index (χ4n) is 8.88. The van der Waals surface area contributed by atoms with Gasteiger partial charge in [0.2, 0.25) is 0 Å². The lowest BCUT2D eigenvalue weighted by Gasteiger charge is -2.26. The molecule has 9 aromatic carbocycles. The average molecular weight is 824 g/mol. The monoisotopic (exact) mass is 823 g/mol. The van der Waals surface area contributed by atoms with E-state index < -0.39 is 0 Å². The van der Waals surface area contributed by atoms with Crippen molar-refractivity contribution >= 4 is 70.4 Å². The number of fused-ring (bicyclic) bond motifs is 6. The van der Waals surface area contributed by atoms with E-state index in [2.05, 4.69) is 173 Å². The largest absolute Gasteiger partial charge is 0.310 e. The van der Waals surface area contributed by atoms with Gasteiger partial charge >= 0.3 is 0 Å². The third-order valence-corrected chi connectivity index (χ3v) is 13.0. The van der Waals surface area contributed by atoms with E-state index in [-0.39, 0.29) is 0 Å². The normalized spacial score (nSPS) is 11.5. The van der Waals surface area contributed by atoms with Crippen molar-refractivity contribution in [3.63, 3.8) is 0 Å². The van der Waals surface area contributed by atoms with Crippen molar-refractivity contribution < 1.29 is 0 Å². The molecule has 3 aromatic heterocycles. The van der Waals surface area contributed by atoms with E-state index >= 15 is 0 Å². The number of para-hydroxylation sites is 3. The molecule has 0 atom stereocenters. The summed E-state index contributed by atoms with van der Waals surface area (Å²) in [5.74, 6) is 1.92. The fourth-order valence-corrected chi connectivity index (χ4v) is 9.97. The Morgan fingerprint density at radius 3 is 1.54 bits per heavy atom. The Bertz CT molecular complexity index is 3540. The number of hydrogen-bond donors (Lipinski definition) is 0. The highest BCUT2D eigenvalue weighted by Gasteiger charge is 2.19. The molecule has 3 heterocycles. The Labute approximate surface area is 368 Å². The Morgan fingerprint density at radius 1 is 0.349 bits per heavy atom. The Hall–Kier alpha value is -8.19. The predicted molar refractivity (Wildman–Crippen MR) is 263 cm³/mol. The van der Waals surface area contributed by atoms with Crippen LogP contribution in [0, 0.1) is 0 Å². The van der Waals surface area contributed by atoms with Crippen LogP contribution >= 0.6 is 11.3 Å². The summed E-state index contributed by atoms with van der Waals surface area (Å²) in [6.45, 7) is 0. The first kappa shape index (κ1) is 36.6. The minimum Gasteiger partial charge on any atom is -0.310 e. The minimum atomic E-state index is 0.630. The number of nitrogens with zero attached hydrogens (tertiary/aromatic N) is 5. The lowest BCUT2D eigenvalue weighted by atomic mass is 10.0. The zero-order valence-electron chi connectivity index (χ0n) is 34.0. The van der Waals surface area contributed by atoms with Gasteiger partial charge in [-0.25, -0.2) is 15.0 Å². The minimum absolute atomic E-state index is 0.630. The van der Waals surface area contributed by atoms with Crippen LogP contribution in [0.2, 0.25) is 0 Å². The first-order valence-electron chi connectivity index (χ1n) is 21.1. The van der Waals surface area contributed by atoms with Crippen LogP contribution in [0.1, 0.15) is 0 Å². The van der Waals surface area contributed by atoms with E-state index in [9.17, 15) is 0 Å². The fraction of sp³-hybridized carbons (Fsp3) is 0. The number of hydrogen-bond acceptors (Lipinski definition) is 5. The first-order chi connectivity index (χ1) is 31.2. The molecule has 0 fully saturated rings. The molecule has 0 N–H and O–H groups in total. The molecule has 0 saturated heterocycles. The van der Waals surface area contributed by atoms with Crippen molar-refractivity contribution in [2.24, 2.45) is 0 Å². The van der Waals surface area contributed by atoms with Crippen LogP contribution in [-0.4, -0.2) is 19.5 Å². The molecule has 0 amide bonds. The van der Waals surface area contributed by atoms with E-state index in [1.54, 1.807) is 0 Å². The molecule has 0 aliphatic carbocycles. The lowest BCUT2D eigenvalue weighted by Crippen LogP contribution is -2.09. The van der Waals surface area contributed by atoms with E-state index in [0.717, 1.165) is 61.6 Å². The van der Waals surface area contributed by atoms with Crippen molar-refractivity contribution in [1.29, 1.82) is 0 Å². The van der Waals surface area contributed by atoms with Gasteiger partial charge in [0.1, 0.15) is 0 Å². The summed E-state index contributed by atoms with van der Waals surface area (Å²) in [4.78, 5) is 17.2. The maximum Gasteiger partial charge on any atom is 0.164 e. The van der Waals surface area contributed by atoms with E-state index in [1.807, 2.05) is 72.0 Å². The van der Waals surface area contributed by atoms with Gasteiger partial charge in [0.05, 0.1) is 11.0 Å². The molecule has 0 saturated carbocycles. The van der Waals surface area contributed by atoms with Crippen LogP contribution < -0.4 is 4.90 Å². The summed E-state index contributed by atoms with van der Waals surface area (Å²) in [6.07, 6.45) is 0. The van der Waals surface area contributed by atoms with Crippen LogP contribution in [0.5, 0.6) is 0 Å².